The van der Waals surface area contributed by atoms with Gasteiger partial charge in [-0.15, -0.1) is 0 Å². The monoisotopic (exact) mass is 484 g/mol. The number of halogens is 3. The molecule has 0 unspecified atom stereocenters. The first-order chi connectivity index (χ1) is 16.6. The van der Waals surface area contributed by atoms with Crippen molar-refractivity contribution in [2.45, 2.75) is 13.1 Å². The fourth-order valence-electron chi connectivity index (χ4n) is 3.56. The highest BCUT2D eigenvalue weighted by molar-refractivity contribution is 6.11. The molecule has 0 fully saturated rings. The average molecular weight is 484 g/mol. The number of nitrogens with one attached hydrogen (secondary N) is 1. The molecule has 35 heavy (non-hydrogen) atoms. The van der Waals surface area contributed by atoms with Crippen molar-refractivity contribution in [3.05, 3.63) is 71.5 Å². The van der Waals surface area contributed by atoms with Gasteiger partial charge in [0.25, 0.3) is 5.91 Å². The van der Waals surface area contributed by atoms with E-state index in [2.05, 4.69) is 15.4 Å². The molecule has 8 nitrogen and oxygen atoms in total. The van der Waals surface area contributed by atoms with Crippen LogP contribution in [-0.2, 0) is 6.18 Å². The number of benzene rings is 2. The zero-order valence-corrected chi connectivity index (χ0v) is 18.8. The summed E-state index contributed by atoms with van der Waals surface area (Å²) in [6.45, 7) is 1.34. The molecule has 0 spiro atoms. The summed E-state index contributed by atoms with van der Waals surface area (Å²) in [5.74, 6) is -0.359. The number of hydrogen-bond acceptors (Lipinski definition) is 6. The van der Waals surface area contributed by atoms with Gasteiger partial charge in [0.15, 0.2) is 28.6 Å². The van der Waals surface area contributed by atoms with E-state index in [4.69, 9.17) is 9.47 Å². The minimum absolute atomic E-state index is 0.0514. The largest absolute Gasteiger partial charge is 0.493 e. The minimum Gasteiger partial charge on any atom is -0.493 e. The molecular weight excluding hydrogens is 465 g/mol. The second kappa shape index (κ2) is 9.09. The lowest BCUT2D eigenvalue weighted by atomic mass is 10.1. The van der Waals surface area contributed by atoms with Crippen LogP contribution in [0, 0.1) is 0 Å². The van der Waals surface area contributed by atoms with Gasteiger partial charge in [-0.1, -0.05) is 12.1 Å². The first kappa shape index (κ1) is 23.7. The number of fused-ring (bicyclic) bond motifs is 1. The zero-order valence-electron chi connectivity index (χ0n) is 18.8. The van der Waals surface area contributed by atoms with Gasteiger partial charge in [-0.3, -0.25) is 9.59 Å². The van der Waals surface area contributed by atoms with Gasteiger partial charge >= 0.3 is 6.18 Å². The van der Waals surface area contributed by atoms with Crippen LogP contribution in [0.4, 0.5) is 18.9 Å². The Morgan fingerprint density at radius 2 is 1.69 bits per heavy atom. The Hall–Kier alpha value is -4.41. The Morgan fingerprint density at radius 1 is 0.971 bits per heavy atom. The molecule has 0 radical (unpaired) electrons. The van der Waals surface area contributed by atoms with Crippen molar-refractivity contribution in [3.8, 4) is 22.8 Å². The maximum atomic E-state index is 13.9. The lowest BCUT2D eigenvalue weighted by Crippen LogP contribution is -2.16. The summed E-state index contributed by atoms with van der Waals surface area (Å²) in [5.41, 5.74) is -0.882. The molecule has 2 heterocycles. The molecule has 0 saturated heterocycles. The van der Waals surface area contributed by atoms with E-state index >= 15 is 0 Å². The molecule has 11 heteroatoms. The lowest BCUT2D eigenvalue weighted by Gasteiger charge is -2.13. The van der Waals surface area contributed by atoms with Crippen molar-refractivity contribution in [1.82, 2.24) is 14.6 Å². The second-order valence-corrected chi connectivity index (χ2v) is 7.44. The number of aromatic nitrogens is 3. The number of nitrogens with zero attached hydrogens (tertiary/aromatic N) is 3. The molecule has 0 saturated carbocycles. The fourth-order valence-corrected chi connectivity index (χ4v) is 3.56. The van der Waals surface area contributed by atoms with E-state index in [1.165, 1.54) is 51.5 Å². The number of anilines is 1. The molecule has 0 atom stereocenters. The van der Waals surface area contributed by atoms with Crippen LogP contribution in [0.1, 0.15) is 33.3 Å². The molecule has 4 rings (SSSR count). The predicted octanol–water partition coefficient (Wildman–Crippen LogP) is 4.89. The number of alkyl halides is 3. The number of Topliss-reactive ketones (excluding diaryl/α,β-unsaturated/α-hetero) is 1. The van der Waals surface area contributed by atoms with Crippen molar-refractivity contribution >= 4 is 23.0 Å². The number of para-hydroxylation sites is 1. The molecule has 2 aromatic heterocycles. The Bertz CT molecular complexity index is 1450. The maximum Gasteiger partial charge on any atom is 0.433 e. The number of rotatable bonds is 6. The van der Waals surface area contributed by atoms with E-state index in [-0.39, 0.29) is 33.9 Å². The summed E-state index contributed by atoms with van der Waals surface area (Å²) < 4.78 is 52.7. The van der Waals surface area contributed by atoms with Crippen molar-refractivity contribution in [1.29, 1.82) is 0 Å². The van der Waals surface area contributed by atoms with Crippen LogP contribution in [0.5, 0.6) is 11.5 Å². The quantitative estimate of drug-likeness (QED) is 0.392. The number of amides is 1. The Morgan fingerprint density at radius 3 is 2.34 bits per heavy atom. The average Bonchev–Trinajstić information content (AvgIpc) is 3.26. The molecule has 0 bridgehead atoms. The van der Waals surface area contributed by atoms with Gasteiger partial charge in [-0.2, -0.15) is 18.3 Å². The number of ketones is 1. The highest BCUT2D eigenvalue weighted by Gasteiger charge is 2.36. The summed E-state index contributed by atoms with van der Waals surface area (Å²) in [6, 6.07) is 11.7. The Balaban J connectivity index is 1.86. The smallest absolute Gasteiger partial charge is 0.433 e. The molecule has 0 aliphatic heterocycles. The van der Waals surface area contributed by atoms with E-state index in [1.807, 2.05) is 0 Å². The Kier molecular flexibility index (Phi) is 6.16. The Labute approximate surface area is 197 Å². The molecule has 0 aliphatic carbocycles. The van der Waals surface area contributed by atoms with Gasteiger partial charge < -0.3 is 14.8 Å². The third kappa shape index (κ3) is 4.52. The van der Waals surface area contributed by atoms with Crippen molar-refractivity contribution < 1.29 is 32.2 Å². The SMILES string of the molecule is COc1ccc(-c2cc(C(F)(F)F)n3ncc(C(=O)Nc4ccccc4C(C)=O)c3n2)cc1OC. The number of hydrogen-bond donors (Lipinski definition) is 1. The van der Waals surface area contributed by atoms with E-state index in [0.29, 0.717) is 21.6 Å². The number of ether oxygens (including phenoxy) is 2. The van der Waals surface area contributed by atoms with Crippen LogP contribution in [0.15, 0.2) is 54.7 Å². The molecule has 1 amide bonds. The van der Waals surface area contributed by atoms with E-state index < -0.39 is 17.8 Å². The van der Waals surface area contributed by atoms with Gasteiger partial charge in [0, 0.05) is 11.1 Å². The van der Waals surface area contributed by atoms with Crippen LogP contribution >= 0.6 is 0 Å². The topological polar surface area (TPSA) is 94.8 Å². The van der Waals surface area contributed by atoms with Gasteiger partial charge in [0.2, 0.25) is 0 Å². The van der Waals surface area contributed by atoms with E-state index in [1.54, 1.807) is 12.1 Å². The van der Waals surface area contributed by atoms with Gasteiger partial charge in [-0.05, 0) is 43.3 Å². The van der Waals surface area contributed by atoms with Crippen molar-refractivity contribution in [2.24, 2.45) is 0 Å². The molecule has 4 aromatic rings. The summed E-state index contributed by atoms with van der Waals surface area (Å²) in [6.07, 6.45) is -3.78. The maximum absolute atomic E-state index is 13.9. The van der Waals surface area contributed by atoms with Gasteiger partial charge in [-0.25, -0.2) is 9.50 Å². The normalized spacial score (nSPS) is 11.4. The fraction of sp³-hybridized carbons (Fsp3) is 0.167. The summed E-state index contributed by atoms with van der Waals surface area (Å²) in [4.78, 5) is 29.2. The number of carbonyl (C=O) groups is 2. The number of carbonyl (C=O) groups excluding carboxylic acids is 2. The molecule has 180 valence electrons. The molecule has 0 aliphatic rings. The second-order valence-electron chi connectivity index (χ2n) is 7.44. The first-order valence-electron chi connectivity index (χ1n) is 10.2. The highest BCUT2D eigenvalue weighted by Crippen LogP contribution is 2.36. The van der Waals surface area contributed by atoms with Crippen molar-refractivity contribution in [2.75, 3.05) is 19.5 Å². The summed E-state index contributed by atoms with van der Waals surface area (Å²) >= 11 is 0. The van der Waals surface area contributed by atoms with Gasteiger partial charge in [0.05, 0.1) is 31.8 Å². The van der Waals surface area contributed by atoms with Crippen LogP contribution in [0.3, 0.4) is 0 Å². The van der Waals surface area contributed by atoms with Crippen LogP contribution in [0.2, 0.25) is 0 Å². The van der Waals surface area contributed by atoms with Crippen LogP contribution < -0.4 is 14.8 Å². The minimum atomic E-state index is -4.78. The van der Waals surface area contributed by atoms with Crippen LogP contribution in [0.25, 0.3) is 16.9 Å². The molecular formula is C24H19F3N4O4. The van der Waals surface area contributed by atoms with Gasteiger partial charge in [0.1, 0.15) is 5.56 Å². The number of methoxy groups -OCH3 is 2. The zero-order chi connectivity index (χ0) is 25.3. The lowest BCUT2D eigenvalue weighted by molar-refractivity contribution is -0.142. The molecule has 2 aromatic carbocycles. The summed E-state index contributed by atoms with van der Waals surface area (Å²) in [7, 11) is 2.84. The standard InChI is InChI=1S/C24H19F3N4O4/c1-13(32)15-6-4-5-7-17(15)30-23(33)16-12-28-31-21(24(25,26)27)11-18(29-22(16)31)14-8-9-19(34-2)20(10-14)35-3/h4-12H,1-3H3,(H,30,33). The third-order valence-corrected chi connectivity index (χ3v) is 5.24. The first-order valence-corrected chi connectivity index (χ1v) is 10.2. The highest BCUT2D eigenvalue weighted by atomic mass is 19.4. The van der Waals surface area contributed by atoms with Crippen LogP contribution in [-0.4, -0.2) is 40.5 Å². The summed E-state index contributed by atoms with van der Waals surface area (Å²) in [5, 5.41) is 6.33. The van der Waals surface area contributed by atoms with E-state index in [0.717, 1.165) is 12.3 Å². The predicted molar refractivity (Wildman–Crippen MR) is 121 cm³/mol. The molecule has 1 N–H and O–H groups in total. The van der Waals surface area contributed by atoms with Crippen molar-refractivity contribution in [3.63, 3.8) is 0 Å². The van der Waals surface area contributed by atoms with E-state index in [9.17, 15) is 22.8 Å². The third-order valence-electron chi connectivity index (χ3n) is 5.24.